The molecule has 1 rings (SSSR count). The average molecular weight is 319 g/mol. The lowest BCUT2D eigenvalue weighted by Gasteiger charge is -2.09. The summed E-state index contributed by atoms with van der Waals surface area (Å²) in [6.07, 6.45) is 0. The highest BCUT2D eigenvalue weighted by atomic mass is 79.9. The molecule has 0 bridgehead atoms. The van der Waals surface area contributed by atoms with E-state index < -0.39 is 18.6 Å². The molecule has 0 heterocycles. The molecule has 0 aliphatic rings. The van der Waals surface area contributed by atoms with Crippen molar-refractivity contribution >= 4 is 33.6 Å². The lowest BCUT2D eigenvalue weighted by Crippen LogP contribution is -2.30. The van der Waals surface area contributed by atoms with Crippen molar-refractivity contribution in [1.29, 1.82) is 0 Å². The molecule has 1 aromatic rings. The number of hydrogen-bond donors (Lipinski definition) is 3. The van der Waals surface area contributed by atoms with Crippen LogP contribution in [0.5, 0.6) is 5.75 Å². The molecule has 18 heavy (non-hydrogen) atoms. The molecule has 3 N–H and O–H groups in total. The first kappa shape index (κ1) is 14.3. The minimum atomic E-state index is -1.18. The average Bonchev–Trinajstić information content (AvgIpc) is 2.31. The van der Waals surface area contributed by atoms with E-state index in [1.165, 1.54) is 7.11 Å². The number of anilines is 1. The predicted octanol–water partition coefficient (Wildman–Crippen LogP) is 1.60. The van der Waals surface area contributed by atoms with Gasteiger partial charge in [0.2, 0.25) is 0 Å². The molecule has 0 aromatic heterocycles. The van der Waals surface area contributed by atoms with Crippen LogP contribution in [-0.4, -0.2) is 30.8 Å². The SMILES string of the molecule is COc1cc(NC(=O)NOCC(=O)O)ccc1Br. The van der Waals surface area contributed by atoms with Gasteiger partial charge in [-0.15, -0.1) is 0 Å². The van der Waals surface area contributed by atoms with E-state index in [2.05, 4.69) is 26.1 Å². The van der Waals surface area contributed by atoms with E-state index in [4.69, 9.17) is 9.84 Å². The summed E-state index contributed by atoms with van der Waals surface area (Å²) in [6, 6.07) is 4.26. The van der Waals surface area contributed by atoms with Gasteiger partial charge in [0.15, 0.2) is 6.61 Å². The molecule has 0 aliphatic carbocycles. The molecule has 0 atom stereocenters. The first-order chi connectivity index (χ1) is 8.52. The Labute approximate surface area is 111 Å². The third-order valence-corrected chi connectivity index (χ3v) is 2.42. The van der Waals surface area contributed by atoms with E-state index in [1.807, 2.05) is 5.48 Å². The highest BCUT2D eigenvalue weighted by Gasteiger charge is 2.06. The van der Waals surface area contributed by atoms with Crippen LogP contribution in [-0.2, 0) is 9.63 Å². The number of urea groups is 1. The van der Waals surface area contributed by atoms with Gasteiger partial charge in [0.25, 0.3) is 0 Å². The third kappa shape index (κ3) is 4.60. The fourth-order valence-corrected chi connectivity index (χ4v) is 1.47. The Morgan fingerprint density at radius 3 is 2.78 bits per heavy atom. The van der Waals surface area contributed by atoms with Gasteiger partial charge in [0.1, 0.15) is 5.75 Å². The molecule has 7 nitrogen and oxygen atoms in total. The van der Waals surface area contributed by atoms with Gasteiger partial charge in [-0.25, -0.2) is 15.1 Å². The fraction of sp³-hybridized carbons (Fsp3) is 0.200. The number of halogens is 1. The Morgan fingerprint density at radius 1 is 1.44 bits per heavy atom. The number of hydrogen-bond acceptors (Lipinski definition) is 4. The second kappa shape index (κ2) is 6.82. The lowest BCUT2D eigenvalue weighted by atomic mass is 10.3. The Hall–Kier alpha value is -1.80. The monoisotopic (exact) mass is 318 g/mol. The van der Waals surface area contributed by atoms with Gasteiger partial charge >= 0.3 is 12.0 Å². The van der Waals surface area contributed by atoms with Gasteiger partial charge < -0.3 is 15.2 Å². The number of amides is 2. The van der Waals surface area contributed by atoms with Crippen molar-refractivity contribution in [3.63, 3.8) is 0 Å². The molecule has 0 saturated heterocycles. The standard InChI is InChI=1S/C10H11BrN2O5/c1-17-8-4-6(2-3-7(8)11)12-10(16)13-18-5-9(14)15/h2-4H,5H2,1H3,(H,14,15)(H2,12,13,16). The van der Waals surface area contributed by atoms with E-state index in [-0.39, 0.29) is 0 Å². The second-order valence-electron chi connectivity index (χ2n) is 3.09. The number of aliphatic carboxylic acids is 1. The van der Waals surface area contributed by atoms with Crippen LogP contribution in [0.15, 0.2) is 22.7 Å². The molecule has 2 amide bonds. The highest BCUT2D eigenvalue weighted by molar-refractivity contribution is 9.10. The van der Waals surface area contributed by atoms with E-state index in [1.54, 1.807) is 18.2 Å². The molecule has 98 valence electrons. The van der Waals surface area contributed by atoms with Gasteiger partial charge in [-0.1, -0.05) is 0 Å². The molecule has 1 aromatic carbocycles. The molecule has 0 aliphatic heterocycles. The summed E-state index contributed by atoms with van der Waals surface area (Å²) < 4.78 is 5.80. The van der Waals surface area contributed by atoms with Crippen LogP contribution < -0.4 is 15.5 Å². The zero-order valence-corrected chi connectivity index (χ0v) is 11.0. The first-order valence-electron chi connectivity index (χ1n) is 4.77. The van der Waals surface area contributed by atoms with Gasteiger partial charge in [-0.05, 0) is 28.1 Å². The molecule has 0 spiro atoms. The molecular formula is C10H11BrN2O5. The quantitative estimate of drug-likeness (QED) is 0.716. The van der Waals surface area contributed by atoms with Gasteiger partial charge in [-0.3, -0.25) is 4.84 Å². The molecule has 0 radical (unpaired) electrons. The van der Waals surface area contributed by atoms with Gasteiger partial charge in [-0.2, -0.15) is 0 Å². The summed E-state index contributed by atoms with van der Waals surface area (Å²) in [5.74, 6) is -0.625. The summed E-state index contributed by atoms with van der Waals surface area (Å²) >= 11 is 3.27. The normalized spacial score (nSPS) is 9.67. The largest absolute Gasteiger partial charge is 0.495 e. The maximum Gasteiger partial charge on any atom is 0.343 e. The van der Waals surface area contributed by atoms with E-state index in [0.29, 0.717) is 11.4 Å². The first-order valence-corrected chi connectivity index (χ1v) is 5.56. The summed E-state index contributed by atoms with van der Waals surface area (Å²) in [5.41, 5.74) is 2.41. The van der Waals surface area contributed by atoms with Crippen molar-refractivity contribution < 1.29 is 24.3 Å². The topological polar surface area (TPSA) is 96.9 Å². The van der Waals surface area contributed by atoms with E-state index in [9.17, 15) is 9.59 Å². The minimum absolute atomic E-state index is 0.478. The molecule has 0 fully saturated rings. The number of nitrogens with one attached hydrogen (secondary N) is 2. The number of carbonyl (C=O) groups is 2. The maximum absolute atomic E-state index is 11.3. The fourth-order valence-electron chi connectivity index (χ4n) is 1.06. The smallest absolute Gasteiger partial charge is 0.343 e. The van der Waals surface area contributed by atoms with Crippen LogP contribution >= 0.6 is 15.9 Å². The van der Waals surface area contributed by atoms with E-state index >= 15 is 0 Å². The second-order valence-corrected chi connectivity index (χ2v) is 3.94. The molecule has 0 saturated carbocycles. The van der Waals surface area contributed by atoms with Crippen LogP contribution in [0.3, 0.4) is 0 Å². The number of carboxylic acids is 1. The number of carbonyl (C=O) groups excluding carboxylic acids is 1. The summed E-state index contributed by atoms with van der Waals surface area (Å²) in [5, 5.41) is 10.7. The number of methoxy groups -OCH3 is 1. The molecule has 0 unspecified atom stereocenters. The number of hydroxylamine groups is 1. The number of rotatable bonds is 5. The predicted molar refractivity (Wildman–Crippen MR) is 66.4 cm³/mol. The summed E-state index contributed by atoms with van der Waals surface area (Å²) in [6.45, 7) is -0.614. The van der Waals surface area contributed by atoms with Crippen LogP contribution in [0.1, 0.15) is 0 Å². The lowest BCUT2D eigenvalue weighted by molar-refractivity contribution is -0.143. The molecule has 8 heteroatoms. The Bertz CT molecular complexity index is 452. The van der Waals surface area contributed by atoms with Crippen molar-refractivity contribution in [2.24, 2.45) is 0 Å². The zero-order valence-electron chi connectivity index (χ0n) is 9.40. The minimum Gasteiger partial charge on any atom is -0.495 e. The van der Waals surface area contributed by atoms with Crippen LogP contribution in [0.25, 0.3) is 0 Å². The Kier molecular flexibility index (Phi) is 5.40. The Balaban J connectivity index is 2.51. The third-order valence-electron chi connectivity index (χ3n) is 1.77. The summed E-state index contributed by atoms with van der Waals surface area (Å²) in [7, 11) is 1.50. The van der Waals surface area contributed by atoms with Gasteiger partial charge in [0, 0.05) is 11.8 Å². The zero-order chi connectivity index (χ0) is 13.5. The molecular weight excluding hydrogens is 308 g/mol. The van der Waals surface area contributed by atoms with Crippen molar-refractivity contribution in [1.82, 2.24) is 5.48 Å². The number of ether oxygens (including phenoxy) is 1. The van der Waals surface area contributed by atoms with Crippen molar-refractivity contribution in [3.05, 3.63) is 22.7 Å². The van der Waals surface area contributed by atoms with Crippen molar-refractivity contribution in [3.8, 4) is 5.75 Å². The summed E-state index contributed by atoms with van der Waals surface area (Å²) in [4.78, 5) is 25.8. The van der Waals surface area contributed by atoms with Crippen LogP contribution in [0, 0.1) is 0 Å². The van der Waals surface area contributed by atoms with Crippen molar-refractivity contribution in [2.75, 3.05) is 19.0 Å². The van der Waals surface area contributed by atoms with E-state index in [0.717, 1.165) is 4.47 Å². The number of carboxylic acid groups (broad SMARTS) is 1. The number of benzene rings is 1. The van der Waals surface area contributed by atoms with Crippen LogP contribution in [0.4, 0.5) is 10.5 Å². The van der Waals surface area contributed by atoms with Gasteiger partial charge in [0.05, 0.1) is 11.6 Å². The highest BCUT2D eigenvalue weighted by Crippen LogP contribution is 2.27. The Morgan fingerprint density at radius 2 is 2.17 bits per heavy atom. The van der Waals surface area contributed by atoms with Crippen molar-refractivity contribution in [2.45, 2.75) is 0 Å². The van der Waals surface area contributed by atoms with Crippen LogP contribution in [0.2, 0.25) is 0 Å². The maximum atomic E-state index is 11.3.